The van der Waals surface area contributed by atoms with E-state index in [1.54, 1.807) is 0 Å². The molecule has 0 aromatic rings. The van der Waals surface area contributed by atoms with Crippen molar-refractivity contribution >= 4 is 11.8 Å². The molecular formula is C11H21NO8S. The van der Waals surface area contributed by atoms with Gasteiger partial charge in [-0.1, -0.05) is 0 Å². The van der Waals surface area contributed by atoms with Crippen LogP contribution in [0.3, 0.4) is 0 Å². The Labute approximate surface area is 125 Å². The van der Waals surface area contributed by atoms with Crippen LogP contribution in [-0.4, -0.2) is 97.7 Å². The molecule has 0 bridgehead atoms. The number of β-amino-alcohol motifs (C(OH)–C–C–N with tert-alkyl or cyclic N) is 1. The number of hydrogen-bond acceptors (Lipinski definition) is 10. The highest BCUT2D eigenvalue weighted by molar-refractivity contribution is 7.99. The van der Waals surface area contributed by atoms with Gasteiger partial charge in [-0.2, -0.15) is 5.48 Å². The third kappa shape index (κ3) is 3.85. The summed E-state index contributed by atoms with van der Waals surface area (Å²) in [6, 6.07) is 0. The molecule has 9 nitrogen and oxygen atoms in total. The van der Waals surface area contributed by atoms with Gasteiger partial charge in [-0.25, -0.2) is 0 Å². The second-order valence-electron chi connectivity index (χ2n) is 5.09. The number of thioether (sulfide) groups is 1. The first kappa shape index (κ1) is 17.3. The Morgan fingerprint density at radius 2 is 1.67 bits per heavy atom. The summed E-state index contributed by atoms with van der Waals surface area (Å²) in [4.78, 5) is 5.11. The van der Waals surface area contributed by atoms with Gasteiger partial charge in [-0.3, -0.25) is 4.84 Å². The SMILES string of the molecule is OC[C@H]1O[C@H](SC[C@H]2ONC[C@@H](O)[C@@H]2O)[C@@H](O)[C@@H](O)[C@@H]1O. The number of aliphatic hydroxyl groups excluding tert-OH is 6. The molecule has 2 aliphatic rings. The van der Waals surface area contributed by atoms with Crippen LogP contribution < -0.4 is 5.48 Å². The molecular weight excluding hydrogens is 306 g/mol. The standard InChI is InChI=1S/C11H21NO8S/c13-2-5-8(16)9(17)10(18)11(19-5)21-3-6-7(15)4(14)1-12-20-6/h4-18H,1-3H2/t4-,5-,6-,7+,8-,9+,10+,11-/m1/s1. The molecule has 0 amide bonds. The molecule has 0 unspecified atom stereocenters. The molecule has 2 heterocycles. The lowest BCUT2D eigenvalue weighted by atomic mass is 10.0. The fourth-order valence-corrected chi connectivity index (χ4v) is 3.43. The van der Waals surface area contributed by atoms with Crippen molar-refractivity contribution in [2.24, 2.45) is 0 Å². The largest absolute Gasteiger partial charge is 0.394 e. The Morgan fingerprint density at radius 1 is 0.952 bits per heavy atom. The van der Waals surface area contributed by atoms with Crippen LogP contribution in [0.4, 0.5) is 0 Å². The van der Waals surface area contributed by atoms with Crippen LogP contribution in [0.15, 0.2) is 0 Å². The maximum atomic E-state index is 9.86. The summed E-state index contributed by atoms with van der Waals surface area (Å²) < 4.78 is 5.32. The first-order chi connectivity index (χ1) is 9.95. The third-order valence-corrected chi connectivity index (χ3v) is 4.82. The zero-order chi connectivity index (χ0) is 15.6. The van der Waals surface area contributed by atoms with Gasteiger partial charge >= 0.3 is 0 Å². The van der Waals surface area contributed by atoms with Crippen LogP contribution in [0.2, 0.25) is 0 Å². The summed E-state index contributed by atoms with van der Waals surface area (Å²) in [5, 5.41) is 57.5. The van der Waals surface area contributed by atoms with Crippen molar-refractivity contribution in [1.29, 1.82) is 0 Å². The van der Waals surface area contributed by atoms with Gasteiger partial charge in [-0.05, 0) is 0 Å². The van der Waals surface area contributed by atoms with Crippen molar-refractivity contribution in [3.63, 3.8) is 0 Å². The summed E-state index contributed by atoms with van der Waals surface area (Å²) in [6.45, 7) is -0.382. The fraction of sp³-hybridized carbons (Fsp3) is 1.00. The van der Waals surface area contributed by atoms with Crippen LogP contribution in [0.5, 0.6) is 0 Å². The zero-order valence-electron chi connectivity index (χ0n) is 11.1. The number of nitrogens with one attached hydrogen (secondary N) is 1. The first-order valence-electron chi connectivity index (χ1n) is 6.62. The van der Waals surface area contributed by atoms with Gasteiger partial charge in [0.05, 0.1) is 12.7 Å². The molecule has 2 aliphatic heterocycles. The molecule has 0 spiro atoms. The molecule has 2 saturated heterocycles. The van der Waals surface area contributed by atoms with E-state index in [0.29, 0.717) is 0 Å². The summed E-state index contributed by atoms with van der Waals surface area (Å²) in [7, 11) is 0. The van der Waals surface area contributed by atoms with E-state index in [-0.39, 0.29) is 12.3 Å². The van der Waals surface area contributed by atoms with Gasteiger partial charge in [0.15, 0.2) is 0 Å². The lowest BCUT2D eigenvalue weighted by Crippen LogP contribution is -2.58. The van der Waals surface area contributed by atoms with E-state index in [1.807, 2.05) is 0 Å². The van der Waals surface area contributed by atoms with Crippen molar-refractivity contribution in [2.45, 2.75) is 48.2 Å². The Bertz CT molecular complexity index is 335. The molecule has 10 heteroatoms. The molecule has 0 radical (unpaired) electrons. The van der Waals surface area contributed by atoms with Crippen LogP contribution in [0, 0.1) is 0 Å². The van der Waals surface area contributed by atoms with E-state index in [9.17, 15) is 25.5 Å². The summed E-state index contributed by atoms with van der Waals surface area (Å²) in [5.41, 5.74) is 1.60. The Balaban J connectivity index is 1.89. The number of ether oxygens (including phenoxy) is 1. The van der Waals surface area contributed by atoms with E-state index in [1.165, 1.54) is 0 Å². The minimum atomic E-state index is -1.44. The van der Waals surface area contributed by atoms with E-state index < -0.39 is 54.8 Å². The molecule has 8 atom stereocenters. The molecule has 21 heavy (non-hydrogen) atoms. The molecule has 124 valence electrons. The molecule has 7 N–H and O–H groups in total. The second-order valence-corrected chi connectivity index (χ2v) is 6.22. The van der Waals surface area contributed by atoms with E-state index in [2.05, 4.69) is 5.48 Å². The summed E-state index contributed by atoms with van der Waals surface area (Å²) in [5.74, 6) is 0.175. The van der Waals surface area contributed by atoms with Crippen molar-refractivity contribution in [3.05, 3.63) is 0 Å². The molecule has 0 aromatic carbocycles. The Hall–Kier alpha value is -0.0100. The van der Waals surface area contributed by atoms with Crippen molar-refractivity contribution in [1.82, 2.24) is 5.48 Å². The third-order valence-electron chi connectivity index (χ3n) is 3.58. The normalized spacial score (nSPS) is 48.3. The average molecular weight is 327 g/mol. The Kier molecular flexibility index (Phi) is 6.20. The number of rotatable bonds is 4. The zero-order valence-corrected chi connectivity index (χ0v) is 12.0. The number of hydrogen-bond donors (Lipinski definition) is 7. The molecule has 0 aromatic heterocycles. The van der Waals surface area contributed by atoms with Gasteiger partial charge in [0.25, 0.3) is 0 Å². The molecule has 2 fully saturated rings. The van der Waals surface area contributed by atoms with Crippen LogP contribution in [0.1, 0.15) is 0 Å². The van der Waals surface area contributed by atoms with E-state index >= 15 is 0 Å². The second kappa shape index (κ2) is 7.51. The first-order valence-corrected chi connectivity index (χ1v) is 7.67. The van der Waals surface area contributed by atoms with Gasteiger partial charge in [0.1, 0.15) is 42.1 Å². The van der Waals surface area contributed by atoms with Crippen LogP contribution in [0.25, 0.3) is 0 Å². The van der Waals surface area contributed by atoms with Crippen LogP contribution >= 0.6 is 11.8 Å². The Morgan fingerprint density at radius 3 is 2.33 bits per heavy atom. The topological polar surface area (TPSA) is 152 Å². The lowest BCUT2D eigenvalue weighted by molar-refractivity contribution is -0.206. The molecule has 0 aliphatic carbocycles. The highest BCUT2D eigenvalue weighted by atomic mass is 32.2. The predicted molar refractivity (Wildman–Crippen MR) is 71.1 cm³/mol. The smallest absolute Gasteiger partial charge is 0.132 e. The lowest BCUT2D eigenvalue weighted by Gasteiger charge is -2.40. The summed E-state index contributed by atoms with van der Waals surface area (Å²) >= 11 is 1.05. The summed E-state index contributed by atoms with van der Waals surface area (Å²) in [6.07, 6.45) is -7.90. The minimum Gasteiger partial charge on any atom is -0.394 e. The molecule has 0 saturated carbocycles. The monoisotopic (exact) mass is 327 g/mol. The minimum absolute atomic E-state index is 0.113. The fourth-order valence-electron chi connectivity index (χ4n) is 2.21. The molecule has 2 rings (SSSR count). The van der Waals surface area contributed by atoms with Crippen LogP contribution in [-0.2, 0) is 9.57 Å². The van der Waals surface area contributed by atoms with Gasteiger partial charge in [0, 0.05) is 12.3 Å². The quantitative estimate of drug-likeness (QED) is 0.273. The highest BCUT2D eigenvalue weighted by Crippen LogP contribution is 2.29. The number of aliphatic hydroxyl groups is 6. The van der Waals surface area contributed by atoms with Crippen molar-refractivity contribution < 1.29 is 40.2 Å². The number of hydroxylamine groups is 1. The van der Waals surface area contributed by atoms with Gasteiger partial charge in [-0.15, -0.1) is 11.8 Å². The van der Waals surface area contributed by atoms with Crippen molar-refractivity contribution in [3.8, 4) is 0 Å². The average Bonchev–Trinajstić information content (AvgIpc) is 2.48. The predicted octanol–water partition coefficient (Wildman–Crippen LogP) is -3.86. The van der Waals surface area contributed by atoms with E-state index in [4.69, 9.17) is 14.7 Å². The van der Waals surface area contributed by atoms with Crippen molar-refractivity contribution in [2.75, 3.05) is 18.9 Å². The van der Waals surface area contributed by atoms with E-state index in [0.717, 1.165) is 11.8 Å². The van der Waals surface area contributed by atoms with Gasteiger partial charge in [0.2, 0.25) is 0 Å². The highest BCUT2D eigenvalue weighted by Gasteiger charge is 2.44. The maximum absolute atomic E-state index is 9.86. The van der Waals surface area contributed by atoms with Gasteiger partial charge < -0.3 is 35.4 Å². The maximum Gasteiger partial charge on any atom is 0.132 e.